The number of nitrogens with zero attached hydrogens (tertiary/aromatic N) is 1. The number of fused-ring (bicyclic) bond motifs is 1. The van der Waals surface area contributed by atoms with Gasteiger partial charge in [0.2, 0.25) is 0 Å². The van der Waals surface area contributed by atoms with Crippen LogP contribution >= 0.6 is 55.1 Å². The molecule has 1 aromatic heterocycles. The third kappa shape index (κ3) is 3.18. The number of ether oxygens (including phenoxy) is 1. The van der Waals surface area contributed by atoms with Crippen LogP contribution in [-0.2, 0) is 5.11 Å². The molecule has 0 amide bonds. The molecule has 0 aliphatic heterocycles. The average molecular weight is 463 g/mol. The van der Waals surface area contributed by atoms with Crippen LogP contribution in [0, 0.1) is 0 Å². The van der Waals surface area contributed by atoms with Gasteiger partial charge >= 0.3 is 0 Å². The van der Waals surface area contributed by atoms with Crippen LogP contribution in [0.1, 0.15) is 0 Å². The van der Waals surface area contributed by atoms with E-state index in [9.17, 15) is 5.11 Å². The highest BCUT2D eigenvalue weighted by atomic mass is 79.9. The molecule has 0 aliphatic rings. The molecule has 3 rings (SSSR count). The third-order valence-electron chi connectivity index (χ3n) is 2.89. The molecule has 0 fully saturated rings. The van der Waals surface area contributed by atoms with Crippen molar-refractivity contribution in [3.63, 3.8) is 0 Å². The normalized spacial score (nSPS) is 10.9. The summed E-state index contributed by atoms with van der Waals surface area (Å²) in [6.07, 6.45) is 0. The highest BCUT2D eigenvalue weighted by Crippen LogP contribution is 2.40. The molecule has 0 aliphatic carbocycles. The SMILES string of the molecule is [O]c1cc(Br)c(Oc2ccc3nc(Cl)cc(Cl)c3c2)c(Br)c1. The molecule has 0 spiro atoms. The Morgan fingerprint density at radius 2 is 1.68 bits per heavy atom. The maximum Gasteiger partial charge on any atom is 0.181 e. The zero-order chi connectivity index (χ0) is 15.9. The van der Waals surface area contributed by atoms with Crippen LogP contribution in [-0.4, -0.2) is 4.98 Å². The van der Waals surface area contributed by atoms with Gasteiger partial charge in [-0.25, -0.2) is 4.98 Å². The van der Waals surface area contributed by atoms with E-state index in [0.29, 0.717) is 36.1 Å². The number of pyridine rings is 1. The van der Waals surface area contributed by atoms with Crippen LogP contribution in [0.5, 0.6) is 17.2 Å². The molecule has 111 valence electrons. The monoisotopic (exact) mass is 460 g/mol. The predicted molar refractivity (Wildman–Crippen MR) is 93.8 cm³/mol. The van der Waals surface area contributed by atoms with Gasteiger partial charge in [0.1, 0.15) is 10.9 Å². The molecule has 0 saturated carbocycles. The average Bonchev–Trinajstić information content (AvgIpc) is 2.43. The molecule has 0 unspecified atom stereocenters. The lowest BCUT2D eigenvalue weighted by Crippen LogP contribution is -1.89. The minimum absolute atomic E-state index is 0.119. The van der Waals surface area contributed by atoms with Gasteiger partial charge in [0, 0.05) is 17.5 Å². The first-order valence-electron chi connectivity index (χ1n) is 6.04. The van der Waals surface area contributed by atoms with Crippen LogP contribution in [0.3, 0.4) is 0 Å². The molecule has 3 nitrogen and oxygen atoms in total. The standard InChI is InChI=1S/C15H6Br2Cl2NO2/c16-10-3-7(21)4-11(17)15(10)22-8-1-2-13-9(5-8)12(18)6-14(19)20-13/h1-6H. The largest absolute Gasteiger partial charge is 0.455 e. The second kappa shape index (κ2) is 6.24. The van der Waals surface area contributed by atoms with Crippen LogP contribution in [0.4, 0.5) is 0 Å². The summed E-state index contributed by atoms with van der Waals surface area (Å²) in [5.41, 5.74) is 0.679. The van der Waals surface area contributed by atoms with E-state index in [4.69, 9.17) is 27.9 Å². The van der Waals surface area contributed by atoms with E-state index in [1.807, 2.05) is 0 Å². The lowest BCUT2D eigenvalue weighted by atomic mass is 10.2. The van der Waals surface area contributed by atoms with Crippen molar-refractivity contribution in [2.75, 3.05) is 0 Å². The first kappa shape index (κ1) is 15.9. The van der Waals surface area contributed by atoms with Gasteiger partial charge in [0.15, 0.2) is 11.5 Å². The molecule has 0 atom stereocenters. The molecule has 2 aromatic carbocycles. The van der Waals surface area contributed by atoms with Gasteiger partial charge in [0.05, 0.1) is 19.5 Å². The first-order valence-corrected chi connectivity index (χ1v) is 8.38. The van der Waals surface area contributed by atoms with E-state index >= 15 is 0 Å². The first-order chi connectivity index (χ1) is 10.4. The van der Waals surface area contributed by atoms with Crippen molar-refractivity contribution in [2.24, 2.45) is 0 Å². The fourth-order valence-electron chi connectivity index (χ4n) is 1.95. The number of hydrogen-bond acceptors (Lipinski definition) is 2. The van der Waals surface area contributed by atoms with Crippen LogP contribution in [0.15, 0.2) is 45.3 Å². The third-order valence-corrected chi connectivity index (χ3v) is 4.57. The number of halogens is 4. The number of rotatable bonds is 2. The van der Waals surface area contributed by atoms with Gasteiger partial charge in [-0.2, -0.15) is 0 Å². The van der Waals surface area contributed by atoms with Gasteiger partial charge in [0.25, 0.3) is 0 Å². The van der Waals surface area contributed by atoms with E-state index in [0.717, 1.165) is 5.39 Å². The lowest BCUT2D eigenvalue weighted by Gasteiger charge is -2.11. The Labute approximate surface area is 153 Å². The van der Waals surface area contributed by atoms with Crippen molar-refractivity contribution in [3.8, 4) is 17.2 Å². The molecular formula is C15H6Br2Cl2NO2. The fraction of sp³-hybridized carbons (Fsp3) is 0. The second-order valence-corrected chi connectivity index (χ2v) is 6.93. The number of hydrogen-bond donors (Lipinski definition) is 0. The van der Waals surface area contributed by atoms with Crippen molar-refractivity contribution in [1.82, 2.24) is 4.98 Å². The summed E-state index contributed by atoms with van der Waals surface area (Å²) in [5.74, 6) is 0.960. The molecule has 3 aromatic rings. The van der Waals surface area contributed by atoms with Gasteiger partial charge in [-0.1, -0.05) is 23.2 Å². The Balaban J connectivity index is 2.05. The quantitative estimate of drug-likeness (QED) is 0.384. The lowest BCUT2D eigenvalue weighted by molar-refractivity contribution is 0.353. The Morgan fingerprint density at radius 1 is 1.00 bits per heavy atom. The number of aromatic nitrogens is 1. The molecule has 7 heteroatoms. The van der Waals surface area contributed by atoms with E-state index in [1.54, 1.807) is 24.3 Å². The summed E-state index contributed by atoms with van der Waals surface area (Å²) in [6.45, 7) is 0. The van der Waals surface area contributed by atoms with E-state index in [2.05, 4.69) is 36.8 Å². The Kier molecular flexibility index (Phi) is 4.50. The summed E-state index contributed by atoms with van der Waals surface area (Å²) >= 11 is 18.7. The van der Waals surface area contributed by atoms with Gasteiger partial charge < -0.3 is 4.74 Å². The Morgan fingerprint density at radius 3 is 2.36 bits per heavy atom. The zero-order valence-corrected chi connectivity index (χ0v) is 15.4. The van der Waals surface area contributed by atoms with E-state index in [1.165, 1.54) is 12.1 Å². The smallest absolute Gasteiger partial charge is 0.181 e. The second-order valence-electron chi connectivity index (χ2n) is 4.42. The molecule has 22 heavy (non-hydrogen) atoms. The van der Waals surface area contributed by atoms with Gasteiger partial charge in [-0.15, -0.1) is 0 Å². The Bertz CT molecular complexity index is 864. The Hall–Kier alpha value is -1.01. The molecule has 0 N–H and O–H groups in total. The summed E-state index contributed by atoms with van der Waals surface area (Å²) in [7, 11) is 0. The topological polar surface area (TPSA) is 42.0 Å². The van der Waals surface area contributed by atoms with Crippen molar-refractivity contribution in [3.05, 3.63) is 55.5 Å². The summed E-state index contributed by atoms with van der Waals surface area (Å²) in [6, 6.07) is 9.75. The number of benzene rings is 2. The van der Waals surface area contributed by atoms with E-state index in [-0.39, 0.29) is 5.75 Å². The summed E-state index contributed by atoms with van der Waals surface area (Å²) in [5, 5.41) is 13.0. The minimum Gasteiger partial charge on any atom is -0.455 e. The van der Waals surface area contributed by atoms with Crippen LogP contribution < -0.4 is 4.74 Å². The maximum absolute atomic E-state index is 11.4. The fourth-order valence-corrected chi connectivity index (χ4v) is 3.77. The minimum atomic E-state index is -0.119. The molecule has 1 radical (unpaired) electrons. The van der Waals surface area contributed by atoms with Crippen molar-refractivity contribution >= 4 is 66.0 Å². The van der Waals surface area contributed by atoms with E-state index < -0.39 is 0 Å². The van der Waals surface area contributed by atoms with Crippen molar-refractivity contribution < 1.29 is 9.84 Å². The van der Waals surface area contributed by atoms with Crippen molar-refractivity contribution in [1.29, 1.82) is 0 Å². The molecular weight excluding hydrogens is 457 g/mol. The maximum atomic E-state index is 11.4. The highest BCUT2D eigenvalue weighted by molar-refractivity contribution is 9.11. The summed E-state index contributed by atoms with van der Waals surface area (Å²) < 4.78 is 6.96. The van der Waals surface area contributed by atoms with Gasteiger partial charge in [-0.3, -0.25) is 5.11 Å². The predicted octanol–water partition coefficient (Wildman–Crippen LogP) is 7.00. The van der Waals surface area contributed by atoms with Crippen LogP contribution in [0.2, 0.25) is 10.2 Å². The highest BCUT2D eigenvalue weighted by Gasteiger charge is 2.12. The molecule has 0 saturated heterocycles. The van der Waals surface area contributed by atoms with Crippen LogP contribution in [0.25, 0.3) is 10.9 Å². The summed E-state index contributed by atoms with van der Waals surface area (Å²) in [4.78, 5) is 4.20. The molecule has 1 heterocycles. The molecule has 0 bridgehead atoms. The van der Waals surface area contributed by atoms with Gasteiger partial charge in [-0.05, 0) is 56.1 Å². The zero-order valence-electron chi connectivity index (χ0n) is 10.7. The van der Waals surface area contributed by atoms with Crippen molar-refractivity contribution in [2.45, 2.75) is 0 Å².